The SMILES string of the molecule is Cc1ccc(C(N)Cn2ncc3ccc([N+](=O)[O-])cc32)o1. The largest absolute Gasteiger partial charge is 0.465 e. The summed E-state index contributed by atoms with van der Waals surface area (Å²) in [5.41, 5.74) is 6.82. The van der Waals surface area contributed by atoms with Crippen molar-refractivity contribution in [2.75, 3.05) is 0 Å². The van der Waals surface area contributed by atoms with Crippen molar-refractivity contribution >= 4 is 16.6 Å². The Morgan fingerprint density at radius 1 is 1.43 bits per heavy atom. The molecule has 2 heterocycles. The lowest BCUT2D eigenvalue weighted by Gasteiger charge is -2.10. The molecule has 3 rings (SSSR count). The number of nitro benzene ring substituents is 1. The van der Waals surface area contributed by atoms with Gasteiger partial charge in [-0.3, -0.25) is 14.8 Å². The number of benzene rings is 1. The van der Waals surface area contributed by atoms with Crippen LogP contribution in [0.4, 0.5) is 5.69 Å². The Hall–Kier alpha value is -2.67. The number of hydrogen-bond acceptors (Lipinski definition) is 5. The molecule has 0 aliphatic heterocycles. The smallest absolute Gasteiger partial charge is 0.271 e. The maximum atomic E-state index is 10.9. The maximum Gasteiger partial charge on any atom is 0.271 e. The van der Waals surface area contributed by atoms with Gasteiger partial charge >= 0.3 is 0 Å². The van der Waals surface area contributed by atoms with Crippen molar-refractivity contribution in [3.63, 3.8) is 0 Å². The van der Waals surface area contributed by atoms with Gasteiger partial charge in [0.25, 0.3) is 5.69 Å². The Kier molecular flexibility index (Phi) is 3.19. The molecular formula is C14H14N4O3. The molecule has 108 valence electrons. The van der Waals surface area contributed by atoms with E-state index in [0.717, 1.165) is 11.1 Å². The molecule has 0 saturated heterocycles. The molecule has 0 aliphatic carbocycles. The van der Waals surface area contributed by atoms with Crippen LogP contribution in [0.5, 0.6) is 0 Å². The van der Waals surface area contributed by atoms with Crippen molar-refractivity contribution in [1.82, 2.24) is 9.78 Å². The van der Waals surface area contributed by atoms with Gasteiger partial charge < -0.3 is 10.2 Å². The van der Waals surface area contributed by atoms with Crippen LogP contribution in [0.15, 0.2) is 40.9 Å². The number of rotatable bonds is 4. The quantitative estimate of drug-likeness (QED) is 0.586. The standard InChI is InChI=1S/C14H14N4O3/c1-9-2-5-14(21-9)12(15)8-17-13-6-11(18(19)20)4-3-10(13)7-16-17/h2-7,12H,8,15H2,1H3. The van der Waals surface area contributed by atoms with Gasteiger partial charge in [-0.2, -0.15) is 5.10 Å². The van der Waals surface area contributed by atoms with Gasteiger partial charge in [0, 0.05) is 17.5 Å². The Labute approximate surface area is 120 Å². The van der Waals surface area contributed by atoms with Crippen molar-refractivity contribution < 1.29 is 9.34 Å². The second-order valence-electron chi connectivity index (χ2n) is 4.88. The summed E-state index contributed by atoms with van der Waals surface area (Å²) in [7, 11) is 0. The average molecular weight is 286 g/mol. The number of aromatic nitrogens is 2. The van der Waals surface area contributed by atoms with E-state index in [0.29, 0.717) is 17.8 Å². The Morgan fingerprint density at radius 2 is 2.24 bits per heavy atom. The molecule has 2 N–H and O–H groups in total. The molecule has 0 amide bonds. The van der Waals surface area contributed by atoms with E-state index in [1.807, 2.05) is 19.1 Å². The molecule has 7 heteroatoms. The van der Waals surface area contributed by atoms with E-state index in [-0.39, 0.29) is 11.7 Å². The van der Waals surface area contributed by atoms with Crippen LogP contribution in [0.25, 0.3) is 10.9 Å². The number of nitrogens with zero attached hydrogens (tertiary/aromatic N) is 3. The second-order valence-corrected chi connectivity index (χ2v) is 4.88. The zero-order valence-electron chi connectivity index (χ0n) is 11.4. The van der Waals surface area contributed by atoms with Crippen LogP contribution in [-0.2, 0) is 6.54 Å². The molecule has 0 spiro atoms. The molecule has 0 radical (unpaired) electrons. The molecule has 3 aromatic rings. The highest BCUT2D eigenvalue weighted by Gasteiger charge is 2.15. The highest BCUT2D eigenvalue weighted by Crippen LogP contribution is 2.23. The van der Waals surface area contributed by atoms with Gasteiger partial charge in [-0.1, -0.05) is 0 Å². The number of nitrogens with two attached hydrogens (primary N) is 1. The lowest BCUT2D eigenvalue weighted by atomic mass is 10.2. The maximum absolute atomic E-state index is 10.9. The average Bonchev–Trinajstić information content (AvgIpc) is 3.05. The Bertz CT molecular complexity index is 806. The molecule has 1 unspecified atom stereocenters. The van der Waals surface area contributed by atoms with Crippen LogP contribution >= 0.6 is 0 Å². The van der Waals surface area contributed by atoms with Gasteiger partial charge in [0.15, 0.2) is 0 Å². The van der Waals surface area contributed by atoms with Gasteiger partial charge in [-0.15, -0.1) is 0 Å². The summed E-state index contributed by atoms with van der Waals surface area (Å²) < 4.78 is 7.15. The molecule has 1 aromatic carbocycles. The van der Waals surface area contributed by atoms with Gasteiger partial charge in [-0.25, -0.2) is 0 Å². The highest BCUT2D eigenvalue weighted by atomic mass is 16.6. The number of non-ortho nitro benzene ring substituents is 1. The van der Waals surface area contributed by atoms with Crippen molar-refractivity contribution in [2.45, 2.75) is 19.5 Å². The number of aryl methyl sites for hydroxylation is 1. The van der Waals surface area contributed by atoms with Crippen molar-refractivity contribution in [2.24, 2.45) is 5.73 Å². The number of furan rings is 1. The van der Waals surface area contributed by atoms with Crippen molar-refractivity contribution in [3.05, 3.63) is 58.2 Å². The molecule has 1 atom stereocenters. The van der Waals surface area contributed by atoms with Crippen molar-refractivity contribution in [3.8, 4) is 0 Å². The molecule has 0 saturated carbocycles. The minimum Gasteiger partial charge on any atom is -0.465 e. The molecular weight excluding hydrogens is 272 g/mol. The Morgan fingerprint density at radius 3 is 2.90 bits per heavy atom. The lowest BCUT2D eigenvalue weighted by molar-refractivity contribution is -0.384. The molecule has 2 aromatic heterocycles. The summed E-state index contributed by atoms with van der Waals surface area (Å²) in [6.07, 6.45) is 1.67. The van der Waals surface area contributed by atoms with E-state index in [4.69, 9.17) is 10.2 Å². The van der Waals surface area contributed by atoms with E-state index in [1.165, 1.54) is 12.1 Å². The first-order valence-corrected chi connectivity index (χ1v) is 6.46. The monoisotopic (exact) mass is 286 g/mol. The molecule has 21 heavy (non-hydrogen) atoms. The van der Waals surface area contributed by atoms with E-state index >= 15 is 0 Å². The van der Waals surface area contributed by atoms with Gasteiger partial charge in [-0.05, 0) is 25.1 Å². The predicted octanol–water partition coefficient (Wildman–Crippen LogP) is 2.55. The fourth-order valence-corrected chi connectivity index (χ4v) is 2.25. The lowest BCUT2D eigenvalue weighted by Crippen LogP contribution is -2.17. The zero-order valence-corrected chi connectivity index (χ0v) is 11.4. The van der Waals surface area contributed by atoms with Crippen LogP contribution < -0.4 is 5.73 Å². The Balaban J connectivity index is 1.93. The first kappa shape index (κ1) is 13.3. The van der Waals surface area contributed by atoms with Crippen LogP contribution in [-0.4, -0.2) is 14.7 Å². The van der Waals surface area contributed by atoms with Gasteiger partial charge in [0.2, 0.25) is 0 Å². The second kappa shape index (κ2) is 5.02. The topological polar surface area (TPSA) is 100 Å². The molecule has 0 bridgehead atoms. The summed E-state index contributed by atoms with van der Waals surface area (Å²) in [5, 5.41) is 15.9. The van der Waals surface area contributed by atoms with Crippen molar-refractivity contribution in [1.29, 1.82) is 0 Å². The first-order valence-electron chi connectivity index (χ1n) is 6.46. The number of hydrogen-bond donors (Lipinski definition) is 1. The summed E-state index contributed by atoms with van der Waals surface area (Å²) in [6, 6.07) is 7.96. The fraction of sp³-hybridized carbons (Fsp3) is 0.214. The third-order valence-electron chi connectivity index (χ3n) is 3.34. The van der Waals surface area contributed by atoms with Crippen LogP contribution in [0.2, 0.25) is 0 Å². The minimum absolute atomic E-state index is 0.0339. The predicted molar refractivity (Wildman–Crippen MR) is 76.8 cm³/mol. The third-order valence-corrected chi connectivity index (χ3v) is 3.34. The van der Waals surface area contributed by atoms with Crippen LogP contribution in [0, 0.1) is 17.0 Å². The molecule has 0 aliphatic rings. The van der Waals surface area contributed by atoms with Crippen LogP contribution in [0.3, 0.4) is 0 Å². The van der Waals surface area contributed by atoms with Gasteiger partial charge in [0.05, 0.1) is 29.2 Å². The minimum atomic E-state index is -0.424. The summed E-state index contributed by atoms with van der Waals surface area (Å²) >= 11 is 0. The first-order chi connectivity index (χ1) is 10.0. The van der Waals surface area contributed by atoms with E-state index in [9.17, 15) is 10.1 Å². The fourth-order valence-electron chi connectivity index (χ4n) is 2.25. The zero-order chi connectivity index (χ0) is 15.0. The molecule has 7 nitrogen and oxygen atoms in total. The highest BCUT2D eigenvalue weighted by molar-refractivity contribution is 5.80. The van der Waals surface area contributed by atoms with Crippen LogP contribution in [0.1, 0.15) is 17.6 Å². The summed E-state index contributed by atoms with van der Waals surface area (Å²) in [6.45, 7) is 2.24. The third kappa shape index (κ3) is 2.50. The van der Waals surface area contributed by atoms with E-state index in [2.05, 4.69) is 5.10 Å². The summed E-state index contributed by atoms with van der Waals surface area (Å²) in [5.74, 6) is 1.46. The normalized spacial score (nSPS) is 12.7. The molecule has 0 fully saturated rings. The van der Waals surface area contributed by atoms with E-state index in [1.54, 1.807) is 16.9 Å². The van der Waals surface area contributed by atoms with Gasteiger partial charge in [0.1, 0.15) is 11.5 Å². The summed E-state index contributed by atoms with van der Waals surface area (Å²) in [4.78, 5) is 10.4. The van der Waals surface area contributed by atoms with E-state index < -0.39 is 4.92 Å². The number of nitro groups is 1. The number of fused-ring (bicyclic) bond motifs is 1.